The summed E-state index contributed by atoms with van der Waals surface area (Å²) in [5, 5.41) is 17.5. The topological polar surface area (TPSA) is 95.3 Å². The number of carbonyl (C=O) groups excluding carboxylic acids is 2. The third kappa shape index (κ3) is 3.73. The monoisotopic (exact) mass is 425 g/mol. The van der Waals surface area contributed by atoms with Crippen molar-refractivity contribution in [2.24, 2.45) is 0 Å². The van der Waals surface area contributed by atoms with Crippen molar-refractivity contribution in [1.82, 2.24) is 5.32 Å². The molecule has 2 aromatic rings. The second-order valence-corrected chi connectivity index (χ2v) is 8.00. The fourth-order valence-corrected chi connectivity index (χ4v) is 4.65. The number of para-hydroxylation sites is 1. The summed E-state index contributed by atoms with van der Waals surface area (Å²) in [7, 11) is 1.52. The number of quaternary nitrogens is 1. The number of amides is 3. The van der Waals surface area contributed by atoms with Crippen molar-refractivity contribution in [3.63, 3.8) is 0 Å². The lowest BCUT2D eigenvalue weighted by Crippen LogP contribution is -3.14. The van der Waals surface area contributed by atoms with Crippen LogP contribution < -0.4 is 25.2 Å². The van der Waals surface area contributed by atoms with Crippen LogP contribution in [0, 0.1) is 0 Å². The molecule has 2 aromatic carbocycles. The van der Waals surface area contributed by atoms with E-state index < -0.39 is 17.7 Å². The molecule has 1 fully saturated rings. The molecule has 0 saturated carbocycles. The number of likely N-dealkylation sites (N-methyl/N-ethyl adjacent to an activating group) is 1. The van der Waals surface area contributed by atoms with Gasteiger partial charge in [0.15, 0.2) is 0 Å². The fraction of sp³-hybridized carbons (Fsp3) is 0.391. The molecule has 2 heterocycles. The van der Waals surface area contributed by atoms with E-state index in [4.69, 9.17) is 4.74 Å². The van der Waals surface area contributed by atoms with Gasteiger partial charge in [0.2, 0.25) is 0 Å². The van der Waals surface area contributed by atoms with Crippen molar-refractivity contribution in [2.75, 3.05) is 37.0 Å². The number of carbonyl (C=O) groups is 2. The minimum Gasteiger partial charge on any atom is -0.497 e. The highest BCUT2D eigenvalue weighted by Crippen LogP contribution is 2.40. The number of methoxy groups -OCH3 is 1. The van der Waals surface area contributed by atoms with Gasteiger partial charge in [-0.05, 0) is 25.1 Å². The number of hydrogen-bond acceptors (Lipinski definition) is 4. The van der Waals surface area contributed by atoms with Crippen molar-refractivity contribution in [3.8, 4) is 5.75 Å². The zero-order valence-electron chi connectivity index (χ0n) is 17.9. The lowest BCUT2D eigenvalue weighted by Gasteiger charge is -2.42. The molecular formula is C23H29N4O4+. The lowest BCUT2D eigenvalue weighted by atomic mass is 9.94. The Balaban J connectivity index is 1.71. The molecule has 4 N–H and O–H groups in total. The Hall–Kier alpha value is -3.10. The SMILES string of the molecule is CC[NH+]1CCCC1CNC(=O)C1(O)c2ccccc2NC(=O)N1c1cccc(OC)c1. The van der Waals surface area contributed by atoms with Crippen LogP contribution >= 0.6 is 0 Å². The number of urea groups is 1. The summed E-state index contributed by atoms with van der Waals surface area (Å²) in [6, 6.07) is 13.2. The highest BCUT2D eigenvalue weighted by Gasteiger charge is 2.52. The van der Waals surface area contributed by atoms with E-state index >= 15 is 0 Å². The molecule has 3 atom stereocenters. The normalized spacial score (nSPS) is 25.0. The molecule has 0 spiro atoms. The number of ether oxygens (including phenoxy) is 1. The van der Waals surface area contributed by atoms with Crippen LogP contribution in [0.3, 0.4) is 0 Å². The summed E-state index contributed by atoms with van der Waals surface area (Å²) in [6.45, 7) is 4.66. The molecule has 3 unspecified atom stereocenters. The summed E-state index contributed by atoms with van der Waals surface area (Å²) in [4.78, 5) is 29.1. The van der Waals surface area contributed by atoms with Gasteiger partial charge < -0.3 is 25.4 Å². The molecule has 8 heteroatoms. The Morgan fingerprint density at radius 3 is 2.90 bits per heavy atom. The zero-order valence-corrected chi connectivity index (χ0v) is 17.9. The van der Waals surface area contributed by atoms with Gasteiger partial charge in [0.1, 0.15) is 11.8 Å². The summed E-state index contributed by atoms with van der Waals surface area (Å²) in [6.07, 6.45) is 2.15. The van der Waals surface area contributed by atoms with Gasteiger partial charge in [0.25, 0.3) is 11.6 Å². The molecule has 3 amide bonds. The number of anilines is 2. The number of nitrogens with zero attached hydrogens (tertiary/aromatic N) is 1. The van der Waals surface area contributed by atoms with Gasteiger partial charge in [-0.3, -0.25) is 9.69 Å². The molecule has 31 heavy (non-hydrogen) atoms. The van der Waals surface area contributed by atoms with Crippen LogP contribution in [0.5, 0.6) is 5.75 Å². The Morgan fingerprint density at radius 2 is 2.13 bits per heavy atom. The van der Waals surface area contributed by atoms with E-state index in [9.17, 15) is 14.7 Å². The minimum atomic E-state index is -2.20. The molecule has 0 aliphatic carbocycles. The van der Waals surface area contributed by atoms with Gasteiger partial charge >= 0.3 is 6.03 Å². The van der Waals surface area contributed by atoms with Crippen LogP contribution in [0.25, 0.3) is 0 Å². The summed E-state index contributed by atoms with van der Waals surface area (Å²) in [5.41, 5.74) is -1.12. The molecule has 0 aromatic heterocycles. The van der Waals surface area contributed by atoms with E-state index in [1.54, 1.807) is 48.5 Å². The first-order valence-electron chi connectivity index (χ1n) is 10.7. The number of likely N-dealkylation sites (tertiary alicyclic amines) is 1. The van der Waals surface area contributed by atoms with Gasteiger partial charge in [-0.2, -0.15) is 0 Å². The Morgan fingerprint density at radius 1 is 1.32 bits per heavy atom. The van der Waals surface area contributed by atoms with Crippen molar-refractivity contribution in [1.29, 1.82) is 0 Å². The summed E-state index contributed by atoms with van der Waals surface area (Å²) >= 11 is 0. The van der Waals surface area contributed by atoms with Gasteiger partial charge in [-0.15, -0.1) is 0 Å². The van der Waals surface area contributed by atoms with Crippen LogP contribution in [0.15, 0.2) is 48.5 Å². The number of fused-ring (bicyclic) bond motifs is 1. The second-order valence-electron chi connectivity index (χ2n) is 8.00. The number of rotatable bonds is 6. The van der Waals surface area contributed by atoms with E-state index in [0.717, 1.165) is 30.8 Å². The minimum absolute atomic E-state index is 0.301. The fourth-order valence-electron chi connectivity index (χ4n) is 4.65. The van der Waals surface area contributed by atoms with E-state index in [-0.39, 0.29) is 0 Å². The number of benzene rings is 2. The van der Waals surface area contributed by atoms with Gasteiger partial charge in [-0.25, -0.2) is 4.79 Å². The van der Waals surface area contributed by atoms with Crippen LogP contribution in [-0.2, 0) is 10.5 Å². The van der Waals surface area contributed by atoms with Crippen LogP contribution in [0.4, 0.5) is 16.2 Å². The van der Waals surface area contributed by atoms with E-state index in [1.165, 1.54) is 12.0 Å². The molecule has 4 rings (SSSR count). The second kappa shape index (κ2) is 8.56. The van der Waals surface area contributed by atoms with Gasteiger partial charge in [0.05, 0.1) is 38.1 Å². The van der Waals surface area contributed by atoms with E-state index in [2.05, 4.69) is 17.6 Å². The summed E-state index contributed by atoms with van der Waals surface area (Å²) in [5.74, 6) is -0.111. The molecule has 0 radical (unpaired) electrons. The van der Waals surface area contributed by atoms with Crippen molar-refractivity contribution < 1.29 is 24.3 Å². The maximum Gasteiger partial charge on any atom is 0.329 e. The quantitative estimate of drug-likeness (QED) is 0.557. The standard InChI is InChI=1S/C23H28N4O4/c1-3-26-13-7-9-17(26)15-24-21(28)23(30)19-11-4-5-12-20(19)25-22(29)27(23)16-8-6-10-18(14-16)31-2/h4-6,8,10-12,14,17,30H,3,7,9,13,15H2,1-2H3,(H,24,28)(H,25,29)/p+1. The predicted molar refractivity (Wildman–Crippen MR) is 117 cm³/mol. The molecule has 1 saturated heterocycles. The Labute approximate surface area is 181 Å². The first-order chi connectivity index (χ1) is 15.0. The maximum absolute atomic E-state index is 13.5. The average Bonchev–Trinajstić information content (AvgIpc) is 3.25. The van der Waals surface area contributed by atoms with Gasteiger partial charge in [-0.1, -0.05) is 24.3 Å². The maximum atomic E-state index is 13.5. The molecule has 164 valence electrons. The molecule has 8 nitrogen and oxygen atoms in total. The first-order valence-corrected chi connectivity index (χ1v) is 10.7. The van der Waals surface area contributed by atoms with Crippen molar-refractivity contribution in [3.05, 3.63) is 54.1 Å². The zero-order chi connectivity index (χ0) is 22.0. The smallest absolute Gasteiger partial charge is 0.329 e. The third-order valence-electron chi connectivity index (χ3n) is 6.29. The average molecular weight is 426 g/mol. The van der Waals surface area contributed by atoms with Crippen LogP contribution in [0.2, 0.25) is 0 Å². The lowest BCUT2D eigenvalue weighted by molar-refractivity contribution is -0.909. The van der Waals surface area contributed by atoms with Crippen molar-refractivity contribution >= 4 is 23.3 Å². The molecule has 2 aliphatic rings. The van der Waals surface area contributed by atoms with Crippen molar-refractivity contribution in [2.45, 2.75) is 31.5 Å². The Bertz CT molecular complexity index is 982. The van der Waals surface area contributed by atoms with E-state index in [1.807, 2.05) is 0 Å². The number of hydrogen-bond donors (Lipinski definition) is 4. The molecular weight excluding hydrogens is 396 g/mol. The third-order valence-corrected chi connectivity index (χ3v) is 6.29. The predicted octanol–water partition coefficient (Wildman–Crippen LogP) is 1.08. The highest BCUT2D eigenvalue weighted by molar-refractivity contribution is 6.11. The molecule has 0 bridgehead atoms. The first kappa shape index (κ1) is 21.1. The van der Waals surface area contributed by atoms with Gasteiger partial charge in [0, 0.05) is 24.5 Å². The Kier molecular flexibility index (Phi) is 5.84. The largest absolute Gasteiger partial charge is 0.497 e. The van der Waals surface area contributed by atoms with Crippen LogP contribution in [0.1, 0.15) is 25.3 Å². The highest BCUT2D eigenvalue weighted by atomic mass is 16.5. The number of nitrogens with one attached hydrogen (secondary N) is 3. The van der Waals surface area contributed by atoms with E-state index in [0.29, 0.717) is 35.3 Å². The molecule has 2 aliphatic heterocycles. The summed E-state index contributed by atoms with van der Waals surface area (Å²) < 4.78 is 5.27. The van der Waals surface area contributed by atoms with Crippen LogP contribution in [-0.4, -0.2) is 49.8 Å². The number of aliphatic hydroxyl groups is 1.